The number of nitrogens with two attached hydrogens (primary N) is 1. The fourth-order valence-corrected chi connectivity index (χ4v) is 1.42. The third-order valence-electron chi connectivity index (χ3n) is 2.31. The molecule has 0 saturated heterocycles. The van der Waals surface area contributed by atoms with E-state index in [-0.39, 0.29) is 35.9 Å². The quantitative estimate of drug-likeness (QED) is 0.300. The molecule has 0 aromatic heterocycles. The summed E-state index contributed by atoms with van der Waals surface area (Å²) in [6.45, 7) is 1.84. The molecule has 102 valence electrons. The Bertz CT molecular complexity index is 515. The van der Waals surface area contributed by atoms with Gasteiger partial charge < -0.3 is 16.4 Å². The van der Waals surface area contributed by atoms with Gasteiger partial charge in [-0.25, -0.2) is 0 Å². The molecule has 0 saturated carbocycles. The van der Waals surface area contributed by atoms with Crippen molar-refractivity contribution in [2.45, 2.75) is 6.92 Å². The van der Waals surface area contributed by atoms with E-state index in [1.807, 2.05) is 0 Å². The van der Waals surface area contributed by atoms with Gasteiger partial charge in [0.1, 0.15) is 5.69 Å². The summed E-state index contributed by atoms with van der Waals surface area (Å²) in [5.41, 5.74) is 5.12. The highest BCUT2D eigenvalue weighted by molar-refractivity contribution is 6.00. The molecular weight excluding hydrogens is 252 g/mol. The van der Waals surface area contributed by atoms with E-state index < -0.39 is 10.8 Å². The monoisotopic (exact) mass is 266 g/mol. The molecule has 0 aliphatic carbocycles. The van der Waals surface area contributed by atoms with Gasteiger partial charge in [-0.2, -0.15) is 0 Å². The molecule has 8 heteroatoms. The number of nitro benzene ring substituents is 1. The molecule has 1 aromatic rings. The molecule has 0 unspecified atom stereocenters. The van der Waals surface area contributed by atoms with Crippen molar-refractivity contribution in [2.24, 2.45) is 0 Å². The largest absolute Gasteiger partial charge is 0.393 e. The number of para-hydroxylation sites is 1. The van der Waals surface area contributed by atoms with E-state index in [0.29, 0.717) is 0 Å². The average Bonchev–Trinajstić information content (AvgIpc) is 2.34. The molecule has 2 amide bonds. The van der Waals surface area contributed by atoms with Crippen LogP contribution in [-0.4, -0.2) is 29.8 Å². The predicted molar refractivity (Wildman–Crippen MR) is 68.5 cm³/mol. The first-order chi connectivity index (χ1) is 8.93. The Hall–Kier alpha value is -2.64. The van der Waals surface area contributed by atoms with Gasteiger partial charge in [0.2, 0.25) is 5.91 Å². The zero-order valence-corrected chi connectivity index (χ0v) is 10.3. The van der Waals surface area contributed by atoms with E-state index >= 15 is 0 Å². The standard InChI is InChI=1S/C11H14N4O4/c1-7(16)13-5-6-14-11(17)8-3-2-4-9(10(8)12)15(18)19/h2-4H,5-6,12H2,1H3,(H,13,16)(H,14,17). The zero-order chi connectivity index (χ0) is 14.4. The Morgan fingerprint density at radius 3 is 2.53 bits per heavy atom. The third kappa shape index (κ3) is 3.95. The number of anilines is 1. The maximum atomic E-state index is 11.8. The Morgan fingerprint density at radius 1 is 1.32 bits per heavy atom. The van der Waals surface area contributed by atoms with Crippen LogP contribution in [0.4, 0.5) is 11.4 Å². The van der Waals surface area contributed by atoms with Gasteiger partial charge in [0.25, 0.3) is 11.6 Å². The van der Waals surface area contributed by atoms with Crippen LogP contribution < -0.4 is 16.4 Å². The minimum Gasteiger partial charge on any atom is -0.393 e. The number of hydrogen-bond donors (Lipinski definition) is 3. The van der Waals surface area contributed by atoms with Gasteiger partial charge in [0.05, 0.1) is 10.5 Å². The number of nitro groups is 1. The van der Waals surface area contributed by atoms with E-state index in [4.69, 9.17) is 5.73 Å². The van der Waals surface area contributed by atoms with Crippen molar-refractivity contribution in [1.29, 1.82) is 0 Å². The number of carbonyl (C=O) groups is 2. The molecule has 8 nitrogen and oxygen atoms in total. The van der Waals surface area contributed by atoms with E-state index in [1.165, 1.54) is 25.1 Å². The number of nitrogens with zero attached hydrogens (tertiary/aromatic N) is 1. The third-order valence-corrected chi connectivity index (χ3v) is 2.31. The molecule has 0 heterocycles. The summed E-state index contributed by atoms with van der Waals surface area (Å²) in [7, 11) is 0. The summed E-state index contributed by atoms with van der Waals surface area (Å²) in [6, 6.07) is 4.01. The van der Waals surface area contributed by atoms with E-state index in [0.717, 1.165) is 0 Å². The first-order valence-corrected chi connectivity index (χ1v) is 5.49. The van der Waals surface area contributed by atoms with Gasteiger partial charge in [-0.3, -0.25) is 19.7 Å². The highest BCUT2D eigenvalue weighted by Crippen LogP contribution is 2.24. The van der Waals surface area contributed by atoms with Crippen molar-refractivity contribution < 1.29 is 14.5 Å². The Morgan fingerprint density at radius 2 is 1.95 bits per heavy atom. The second kappa shape index (κ2) is 6.34. The first kappa shape index (κ1) is 14.4. The Kier molecular flexibility index (Phi) is 4.81. The SMILES string of the molecule is CC(=O)NCCNC(=O)c1cccc([N+](=O)[O-])c1N. The first-order valence-electron chi connectivity index (χ1n) is 5.49. The number of carbonyl (C=O) groups excluding carboxylic acids is 2. The molecule has 0 radical (unpaired) electrons. The van der Waals surface area contributed by atoms with Crippen molar-refractivity contribution in [3.63, 3.8) is 0 Å². The molecule has 1 rings (SSSR count). The van der Waals surface area contributed by atoms with Crippen LogP contribution in [0.25, 0.3) is 0 Å². The second-order valence-electron chi connectivity index (χ2n) is 3.73. The number of nitrogens with one attached hydrogen (secondary N) is 2. The minimum atomic E-state index is -0.649. The fourth-order valence-electron chi connectivity index (χ4n) is 1.42. The molecule has 0 aliphatic rings. The van der Waals surface area contributed by atoms with Crippen LogP contribution in [0.3, 0.4) is 0 Å². The lowest BCUT2D eigenvalue weighted by Crippen LogP contribution is -2.34. The molecule has 4 N–H and O–H groups in total. The van der Waals surface area contributed by atoms with Gasteiger partial charge in [0, 0.05) is 26.1 Å². The summed E-state index contributed by atoms with van der Waals surface area (Å²) in [5, 5.41) is 15.7. The lowest BCUT2D eigenvalue weighted by molar-refractivity contribution is -0.383. The van der Waals surface area contributed by atoms with Gasteiger partial charge in [-0.1, -0.05) is 6.07 Å². The molecule has 0 atom stereocenters. The number of amides is 2. The lowest BCUT2D eigenvalue weighted by Gasteiger charge is -2.07. The predicted octanol–water partition coefficient (Wildman–Crippen LogP) is 0.0429. The maximum Gasteiger partial charge on any atom is 0.292 e. The van der Waals surface area contributed by atoms with Gasteiger partial charge >= 0.3 is 0 Å². The van der Waals surface area contributed by atoms with E-state index in [9.17, 15) is 19.7 Å². The maximum absolute atomic E-state index is 11.8. The van der Waals surface area contributed by atoms with Crippen molar-refractivity contribution in [3.8, 4) is 0 Å². The number of nitrogen functional groups attached to an aromatic ring is 1. The normalized spacial score (nSPS) is 9.74. The van der Waals surface area contributed by atoms with E-state index in [2.05, 4.69) is 10.6 Å². The second-order valence-corrected chi connectivity index (χ2v) is 3.73. The van der Waals surface area contributed by atoms with Crippen molar-refractivity contribution in [2.75, 3.05) is 18.8 Å². The number of benzene rings is 1. The van der Waals surface area contributed by atoms with E-state index in [1.54, 1.807) is 0 Å². The van der Waals surface area contributed by atoms with Crippen LogP contribution in [0.2, 0.25) is 0 Å². The van der Waals surface area contributed by atoms with Crippen LogP contribution in [0.5, 0.6) is 0 Å². The van der Waals surface area contributed by atoms with Crippen molar-refractivity contribution >= 4 is 23.2 Å². The fraction of sp³-hybridized carbons (Fsp3) is 0.273. The Balaban J connectivity index is 2.70. The van der Waals surface area contributed by atoms with Crippen molar-refractivity contribution in [3.05, 3.63) is 33.9 Å². The number of rotatable bonds is 5. The molecule has 1 aromatic carbocycles. The summed E-state index contributed by atoms with van der Waals surface area (Å²) < 4.78 is 0. The topological polar surface area (TPSA) is 127 Å². The minimum absolute atomic E-state index is 0.0389. The highest BCUT2D eigenvalue weighted by atomic mass is 16.6. The molecule has 19 heavy (non-hydrogen) atoms. The van der Waals surface area contributed by atoms with Crippen LogP contribution >= 0.6 is 0 Å². The summed E-state index contributed by atoms with van der Waals surface area (Å²) in [6.07, 6.45) is 0. The summed E-state index contributed by atoms with van der Waals surface area (Å²) >= 11 is 0. The van der Waals surface area contributed by atoms with Crippen LogP contribution in [0.1, 0.15) is 17.3 Å². The molecule has 0 fully saturated rings. The van der Waals surface area contributed by atoms with Gasteiger partial charge in [-0.15, -0.1) is 0 Å². The zero-order valence-electron chi connectivity index (χ0n) is 10.3. The Labute approximate surface area is 109 Å². The summed E-state index contributed by atoms with van der Waals surface area (Å²) in [4.78, 5) is 32.4. The molecule has 0 bridgehead atoms. The average molecular weight is 266 g/mol. The lowest BCUT2D eigenvalue weighted by atomic mass is 10.1. The summed E-state index contributed by atoms with van der Waals surface area (Å²) in [5.74, 6) is -0.726. The molecular formula is C11H14N4O4. The molecule has 0 aliphatic heterocycles. The van der Waals surface area contributed by atoms with Crippen LogP contribution in [0.15, 0.2) is 18.2 Å². The van der Waals surface area contributed by atoms with Crippen molar-refractivity contribution in [1.82, 2.24) is 10.6 Å². The molecule has 0 spiro atoms. The van der Waals surface area contributed by atoms with Crippen LogP contribution in [-0.2, 0) is 4.79 Å². The number of hydrogen-bond acceptors (Lipinski definition) is 5. The van der Waals surface area contributed by atoms with Gasteiger partial charge in [0.15, 0.2) is 0 Å². The van der Waals surface area contributed by atoms with Gasteiger partial charge in [-0.05, 0) is 6.07 Å². The smallest absolute Gasteiger partial charge is 0.292 e. The van der Waals surface area contributed by atoms with Crippen LogP contribution in [0, 0.1) is 10.1 Å². The highest BCUT2D eigenvalue weighted by Gasteiger charge is 2.18.